The Morgan fingerprint density at radius 1 is 1.45 bits per heavy atom. The minimum Gasteiger partial charge on any atom is -0.461 e. The van der Waals surface area contributed by atoms with Crippen LogP contribution in [0.4, 0.5) is 0 Å². The number of rotatable bonds is 5. The molecule has 1 aromatic heterocycles. The van der Waals surface area contributed by atoms with Crippen molar-refractivity contribution < 1.29 is 22.7 Å². The summed E-state index contributed by atoms with van der Waals surface area (Å²) >= 11 is 1.11. The first-order chi connectivity index (χ1) is 10.5. The van der Waals surface area contributed by atoms with Gasteiger partial charge in [-0.05, 0) is 29.7 Å². The fourth-order valence-corrected chi connectivity index (χ4v) is 5.15. The van der Waals surface area contributed by atoms with Crippen molar-refractivity contribution in [1.29, 1.82) is 0 Å². The van der Waals surface area contributed by atoms with Gasteiger partial charge in [0.25, 0.3) is 0 Å². The van der Waals surface area contributed by atoms with Crippen molar-refractivity contribution in [3.63, 3.8) is 0 Å². The predicted molar refractivity (Wildman–Crippen MR) is 81.5 cm³/mol. The Kier molecular flexibility index (Phi) is 4.54. The van der Waals surface area contributed by atoms with E-state index in [0.29, 0.717) is 44.7 Å². The monoisotopic (exact) mass is 345 g/mol. The van der Waals surface area contributed by atoms with Crippen LogP contribution in [0.15, 0.2) is 16.3 Å². The van der Waals surface area contributed by atoms with Gasteiger partial charge in [-0.25, -0.2) is 13.2 Å². The SMILES string of the molecule is C[C@@H]1C[C@@H]1COC(=O)c1sccc1S(=O)(=O)N1CCOCC1. The van der Waals surface area contributed by atoms with Gasteiger partial charge in [-0.15, -0.1) is 11.3 Å². The van der Waals surface area contributed by atoms with Crippen molar-refractivity contribution in [2.24, 2.45) is 11.8 Å². The average Bonchev–Trinajstić information content (AvgIpc) is 3.02. The molecule has 3 rings (SSSR count). The highest BCUT2D eigenvalue weighted by Gasteiger charge is 2.35. The maximum absolute atomic E-state index is 12.6. The molecule has 0 aromatic carbocycles. The maximum atomic E-state index is 12.6. The van der Waals surface area contributed by atoms with Gasteiger partial charge in [-0.2, -0.15) is 4.31 Å². The largest absolute Gasteiger partial charge is 0.461 e. The number of hydrogen-bond acceptors (Lipinski definition) is 6. The van der Waals surface area contributed by atoms with Crippen LogP contribution in [0.3, 0.4) is 0 Å². The molecule has 0 radical (unpaired) electrons. The highest BCUT2D eigenvalue weighted by molar-refractivity contribution is 7.89. The van der Waals surface area contributed by atoms with E-state index in [2.05, 4.69) is 6.92 Å². The van der Waals surface area contributed by atoms with E-state index in [9.17, 15) is 13.2 Å². The van der Waals surface area contributed by atoms with Crippen LogP contribution in [-0.2, 0) is 19.5 Å². The molecule has 1 aromatic rings. The molecule has 22 heavy (non-hydrogen) atoms. The van der Waals surface area contributed by atoms with Gasteiger partial charge in [0.2, 0.25) is 10.0 Å². The lowest BCUT2D eigenvalue weighted by Crippen LogP contribution is -2.40. The molecule has 8 heteroatoms. The van der Waals surface area contributed by atoms with E-state index in [1.54, 1.807) is 5.38 Å². The third-order valence-electron chi connectivity index (χ3n) is 4.11. The van der Waals surface area contributed by atoms with Crippen LogP contribution in [-0.4, -0.2) is 51.6 Å². The number of nitrogens with zero attached hydrogens (tertiary/aromatic N) is 1. The van der Waals surface area contributed by atoms with Gasteiger partial charge in [0.05, 0.1) is 19.8 Å². The molecule has 1 saturated carbocycles. The number of thiophene rings is 1. The van der Waals surface area contributed by atoms with Crippen molar-refractivity contribution in [2.45, 2.75) is 18.2 Å². The molecule has 122 valence electrons. The molecule has 1 aliphatic heterocycles. The molecule has 2 aliphatic rings. The first-order valence-electron chi connectivity index (χ1n) is 7.32. The average molecular weight is 345 g/mol. The first-order valence-corrected chi connectivity index (χ1v) is 9.64. The van der Waals surface area contributed by atoms with Crippen molar-refractivity contribution in [3.8, 4) is 0 Å². The summed E-state index contributed by atoms with van der Waals surface area (Å²) in [6.07, 6.45) is 1.07. The van der Waals surface area contributed by atoms with Crippen LogP contribution in [0, 0.1) is 11.8 Å². The molecule has 6 nitrogen and oxygen atoms in total. The summed E-state index contributed by atoms with van der Waals surface area (Å²) < 4.78 is 37.1. The summed E-state index contributed by atoms with van der Waals surface area (Å²) in [6.45, 7) is 3.86. The molecule has 0 bridgehead atoms. The first kappa shape index (κ1) is 15.9. The Hall–Kier alpha value is -0.960. The van der Waals surface area contributed by atoms with Gasteiger partial charge in [-0.1, -0.05) is 6.92 Å². The molecular weight excluding hydrogens is 326 g/mol. The van der Waals surface area contributed by atoms with Gasteiger partial charge in [0, 0.05) is 13.1 Å². The third kappa shape index (κ3) is 3.19. The number of esters is 1. The fraction of sp³-hybridized carbons (Fsp3) is 0.643. The zero-order chi connectivity index (χ0) is 15.7. The summed E-state index contributed by atoms with van der Waals surface area (Å²) in [6, 6.07) is 1.48. The van der Waals surface area contributed by atoms with Crippen LogP contribution in [0.5, 0.6) is 0 Å². The van der Waals surface area contributed by atoms with Gasteiger partial charge in [-0.3, -0.25) is 0 Å². The predicted octanol–water partition coefficient (Wildman–Crippen LogP) is 1.58. The minimum atomic E-state index is -3.67. The molecule has 0 unspecified atom stereocenters. The molecule has 0 N–H and O–H groups in total. The summed E-state index contributed by atoms with van der Waals surface area (Å²) in [7, 11) is -3.67. The number of ether oxygens (including phenoxy) is 2. The highest BCUT2D eigenvalue weighted by atomic mass is 32.2. The lowest BCUT2D eigenvalue weighted by Gasteiger charge is -2.25. The van der Waals surface area contributed by atoms with E-state index in [0.717, 1.165) is 17.8 Å². The van der Waals surface area contributed by atoms with Gasteiger partial charge < -0.3 is 9.47 Å². The van der Waals surface area contributed by atoms with Crippen molar-refractivity contribution in [2.75, 3.05) is 32.9 Å². The van der Waals surface area contributed by atoms with Crippen LogP contribution in [0.1, 0.15) is 23.0 Å². The lowest BCUT2D eigenvalue weighted by molar-refractivity contribution is 0.0482. The fourth-order valence-electron chi connectivity index (χ4n) is 2.46. The quantitative estimate of drug-likeness (QED) is 0.758. The zero-order valence-corrected chi connectivity index (χ0v) is 14.0. The highest BCUT2D eigenvalue weighted by Crippen LogP contribution is 2.38. The van der Waals surface area contributed by atoms with Crippen molar-refractivity contribution in [1.82, 2.24) is 4.31 Å². The zero-order valence-electron chi connectivity index (χ0n) is 12.4. The third-order valence-corrected chi connectivity index (χ3v) is 7.07. The van der Waals surface area contributed by atoms with E-state index in [1.165, 1.54) is 10.4 Å². The van der Waals surface area contributed by atoms with Crippen LogP contribution >= 0.6 is 11.3 Å². The Morgan fingerprint density at radius 2 is 2.14 bits per heavy atom. The van der Waals surface area contributed by atoms with Gasteiger partial charge in [0.1, 0.15) is 9.77 Å². The van der Waals surface area contributed by atoms with Crippen LogP contribution < -0.4 is 0 Å². The molecule has 2 atom stereocenters. The number of sulfonamides is 1. The van der Waals surface area contributed by atoms with Gasteiger partial charge >= 0.3 is 5.97 Å². The molecule has 2 fully saturated rings. The van der Waals surface area contributed by atoms with Crippen LogP contribution in [0.25, 0.3) is 0 Å². The topological polar surface area (TPSA) is 72.9 Å². The van der Waals surface area contributed by atoms with Crippen molar-refractivity contribution in [3.05, 3.63) is 16.3 Å². The molecule has 0 amide bonds. The Labute approximate surface area is 134 Å². The molecule has 2 heterocycles. The summed E-state index contributed by atoms with van der Waals surface area (Å²) in [5.41, 5.74) is 0. The van der Waals surface area contributed by atoms with E-state index >= 15 is 0 Å². The van der Waals surface area contributed by atoms with Crippen molar-refractivity contribution >= 4 is 27.3 Å². The van der Waals surface area contributed by atoms with E-state index in [1.807, 2.05) is 0 Å². The van der Waals surface area contributed by atoms with Gasteiger partial charge in [0.15, 0.2) is 0 Å². The van der Waals surface area contributed by atoms with E-state index < -0.39 is 16.0 Å². The molecule has 1 aliphatic carbocycles. The number of morpholine rings is 1. The Morgan fingerprint density at radius 3 is 2.77 bits per heavy atom. The minimum absolute atomic E-state index is 0.0493. The van der Waals surface area contributed by atoms with E-state index in [-0.39, 0.29) is 9.77 Å². The second kappa shape index (κ2) is 6.27. The maximum Gasteiger partial charge on any atom is 0.349 e. The molecule has 1 saturated heterocycles. The number of carbonyl (C=O) groups excluding carboxylic acids is 1. The summed E-state index contributed by atoms with van der Waals surface area (Å²) in [5.74, 6) is 0.469. The van der Waals surface area contributed by atoms with E-state index in [4.69, 9.17) is 9.47 Å². The molecular formula is C14H19NO5S2. The Balaban J connectivity index is 1.74. The number of carbonyl (C=O) groups is 1. The Bertz CT molecular complexity index is 648. The normalized spacial score (nSPS) is 25.9. The summed E-state index contributed by atoms with van der Waals surface area (Å²) in [4.78, 5) is 12.4. The number of hydrogen-bond donors (Lipinski definition) is 0. The smallest absolute Gasteiger partial charge is 0.349 e. The lowest BCUT2D eigenvalue weighted by atomic mass is 10.4. The van der Waals surface area contributed by atoms with Crippen LogP contribution in [0.2, 0.25) is 0 Å². The second-order valence-electron chi connectivity index (χ2n) is 5.70. The molecule has 0 spiro atoms. The second-order valence-corrected chi connectivity index (χ2v) is 8.52. The standard InChI is InChI=1S/C14H19NO5S2/c1-10-8-11(10)9-20-14(16)13-12(2-7-21-13)22(17,18)15-3-5-19-6-4-15/h2,7,10-11H,3-6,8-9H2,1H3/t10-,11-/m1/s1. The summed E-state index contributed by atoms with van der Waals surface area (Å²) in [5, 5.41) is 1.61.